The van der Waals surface area contributed by atoms with Gasteiger partial charge in [-0.3, -0.25) is 9.59 Å². The molecule has 0 aliphatic heterocycles. The van der Waals surface area contributed by atoms with Crippen molar-refractivity contribution in [2.45, 2.75) is 12.2 Å². The normalized spacial score (nSPS) is 13.7. The first-order chi connectivity index (χ1) is 7.21. The van der Waals surface area contributed by atoms with Crippen LogP contribution in [0.4, 0.5) is 0 Å². The zero-order valence-electron chi connectivity index (χ0n) is 8.92. The van der Waals surface area contributed by atoms with Crippen LogP contribution in [-0.4, -0.2) is 49.4 Å². The molecule has 0 heterocycles. The second-order valence-electron chi connectivity index (χ2n) is 3.29. The first-order valence-electron chi connectivity index (χ1n) is 4.47. The molecule has 8 nitrogen and oxygen atoms in total. The molecule has 0 aliphatic carbocycles. The van der Waals surface area contributed by atoms with Crippen molar-refractivity contribution in [1.82, 2.24) is 4.31 Å². The van der Waals surface area contributed by atoms with Crippen LogP contribution in [0.15, 0.2) is 0 Å². The summed E-state index contributed by atoms with van der Waals surface area (Å²) in [4.78, 5) is 21.4. The summed E-state index contributed by atoms with van der Waals surface area (Å²) in [6.45, 7) is 0.0614. The van der Waals surface area contributed by atoms with E-state index >= 15 is 0 Å². The minimum atomic E-state index is -3.83. The van der Waals surface area contributed by atoms with Gasteiger partial charge < -0.3 is 17.2 Å². The molecule has 16 heavy (non-hydrogen) atoms. The van der Waals surface area contributed by atoms with Crippen molar-refractivity contribution >= 4 is 21.8 Å². The number of rotatable bonds is 7. The Kier molecular flexibility index (Phi) is 5.35. The fourth-order valence-electron chi connectivity index (χ4n) is 0.960. The summed E-state index contributed by atoms with van der Waals surface area (Å²) >= 11 is 0. The number of primary amides is 2. The van der Waals surface area contributed by atoms with Crippen molar-refractivity contribution in [3.63, 3.8) is 0 Å². The molecule has 0 bridgehead atoms. The molecule has 1 unspecified atom stereocenters. The van der Waals surface area contributed by atoms with Gasteiger partial charge >= 0.3 is 0 Å². The van der Waals surface area contributed by atoms with Gasteiger partial charge in [0.25, 0.3) is 0 Å². The number of carbonyl (C=O) groups excluding carboxylic acids is 2. The molecule has 0 saturated heterocycles. The molecule has 0 aromatic carbocycles. The summed E-state index contributed by atoms with van der Waals surface area (Å²) in [6.07, 6.45) is 0. The zero-order valence-corrected chi connectivity index (χ0v) is 9.74. The van der Waals surface area contributed by atoms with E-state index in [2.05, 4.69) is 0 Å². The van der Waals surface area contributed by atoms with Crippen LogP contribution < -0.4 is 17.2 Å². The smallest absolute Gasteiger partial charge is 0.232 e. The molecule has 0 radical (unpaired) electrons. The molecule has 0 aromatic rings. The third kappa shape index (κ3) is 4.13. The van der Waals surface area contributed by atoms with E-state index in [1.54, 1.807) is 0 Å². The van der Waals surface area contributed by atoms with Gasteiger partial charge in [0.1, 0.15) is 0 Å². The average molecular weight is 252 g/mol. The van der Waals surface area contributed by atoms with Crippen molar-refractivity contribution in [2.24, 2.45) is 17.2 Å². The van der Waals surface area contributed by atoms with Crippen LogP contribution in [0.3, 0.4) is 0 Å². The first-order valence-corrected chi connectivity index (χ1v) is 5.97. The number of hydrogen-bond donors (Lipinski definition) is 3. The summed E-state index contributed by atoms with van der Waals surface area (Å²) in [5, 5.41) is -0.911. The molecule has 0 fully saturated rings. The Hall–Kier alpha value is -1.19. The summed E-state index contributed by atoms with van der Waals surface area (Å²) in [6, 6.07) is 0. The maximum absolute atomic E-state index is 11.8. The number of carbonyl (C=O) groups is 2. The molecule has 0 rings (SSSR count). The fraction of sp³-hybridized carbons (Fsp3) is 0.714. The van der Waals surface area contributed by atoms with Crippen LogP contribution in [0, 0.1) is 0 Å². The number of amides is 2. The monoisotopic (exact) mass is 252 g/mol. The molecule has 0 spiro atoms. The lowest BCUT2D eigenvalue weighted by Gasteiger charge is -2.22. The predicted octanol–water partition coefficient (Wildman–Crippen LogP) is -3.06. The lowest BCUT2D eigenvalue weighted by atomic mass is 10.5. The highest BCUT2D eigenvalue weighted by atomic mass is 32.2. The molecule has 0 aromatic heterocycles. The Bertz CT molecular complexity index is 351. The van der Waals surface area contributed by atoms with Gasteiger partial charge in [0.15, 0.2) is 0 Å². The van der Waals surface area contributed by atoms with Crippen molar-refractivity contribution in [3.05, 3.63) is 0 Å². The Morgan fingerprint density at radius 1 is 1.19 bits per heavy atom. The highest BCUT2D eigenvalue weighted by Crippen LogP contribution is 2.07. The van der Waals surface area contributed by atoms with E-state index in [1.165, 1.54) is 6.92 Å². The van der Waals surface area contributed by atoms with Gasteiger partial charge in [0.05, 0.1) is 18.3 Å². The quantitative estimate of drug-likeness (QED) is 0.439. The molecular weight excluding hydrogens is 236 g/mol. The second-order valence-corrected chi connectivity index (χ2v) is 5.64. The van der Waals surface area contributed by atoms with Crippen LogP contribution in [0.1, 0.15) is 6.92 Å². The van der Waals surface area contributed by atoms with E-state index < -0.39 is 40.2 Å². The zero-order chi connectivity index (χ0) is 12.9. The standard InChI is InChI=1S/C7H16N4O4S/c1-5(2-8)16(14,15)11(3-6(9)12)4-7(10)13/h5H,2-4,8H2,1H3,(H2,9,12)(H2,10,13). The highest BCUT2D eigenvalue weighted by molar-refractivity contribution is 7.89. The predicted molar refractivity (Wildman–Crippen MR) is 57.4 cm³/mol. The van der Waals surface area contributed by atoms with E-state index in [0.29, 0.717) is 4.31 Å². The van der Waals surface area contributed by atoms with Gasteiger partial charge in [-0.1, -0.05) is 0 Å². The molecule has 1 atom stereocenters. The minimum Gasteiger partial charge on any atom is -0.369 e. The maximum Gasteiger partial charge on any atom is 0.232 e. The Balaban J connectivity index is 5.01. The molecule has 6 N–H and O–H groups in total. The lowest BCUT2D eigenvalue weighted by Crippen LogP contribution is -2.47. The van der Waals surface area contributed by atoms with E-state index in [9.17, 15) is 18.0 Å². The maximum atomic E-state index is 11.8. The SMILES string of the molecule is CC(CN)S(=O)(=O)N(CC(N)=O)CC(N)=O. The van der Waals surface area contributed by atoms with Gasteiger partial charge in [-0.05, 0) is 6.92 Å². The summed E-state index contributed by atoms with van der Waals surface area (Å²) in [5.41, 5.74) is 15.0. The second kappa shape index (κ2) is 5.77. The number of nitrogens with zero attached hydrogens (tertiary/aromatic N) is 1. The van der Waals surface area contributed by atoms with Crippen molar-refractivity contribution in [2.75, 3.05) is 19.6 Å². The van der Waals surface area contributed by atoms with E-state index in [0.717, 1.165) is 0 Å². The van der Waals surface area contributed by atoms with E-state index in [1.807, 2.05) is 0 Å². The van der Waals surface area contributed by atoms with Crippen LogP contribution in [0.25, 0.3) is 0 Å². The van der Waals surface area contributed by atoms with Gasteiger partial charge in [-0.25, -0.2) is 8.42 Å². The lowest BCUT2D eigenvalue weighted by molar-refractivity contribution is -0.120. The Morgan fingerprint density at radius 3 is 1.81 bits per heavy atom. The largest absolute Gasteiger partial charge is 0.369 e. The van der Waals surface area contributed by atoms with Crippen LogP contribution in [0.2, 0.25) is 0 Å². The Morgan fingerprint density at radius 2 is 1.56 bits per heavy atom. The summed E-state index contributed by atoms with van der Waals surface area (Å²) in [5.74, 6) is -1.73. The van der Waals surface area contributed by atoms with E-state index in [-0.39, 0.29) is 6.54 Å². The molecule has 2 amide bonds. The number of hydrogen-bond acceptors (Lipinski definition) is 5. The number of nitrogens with two attached hydrogens (primary N) is 3. The first kappa shape index (κ1) is 14.8. The highest BCUT2D eigenvalue weighted by Gasteiger charge is 2.30. The molecular formula is C7H16N4O4S. The Labute approximate surface area is 93.8 Å². The molecule has 0 aliphatic rings. The van der Waals surface area contributed by atoms with Crippen LogP contribution >= 0.6 is 0 Å². The minimum absolute atomic E-state index is 0.129. The van der Waals surface area contributed by atoms with Crippen LogP contribution in [0.5, 0.6) is 0 Å². The van der Waals surface area contributed by atoms with Crippen molar-refractivity contribution in [1.29, 1.82) is 0 Å². The van der Waals surface area contributed by atoms with Gasteiger partial charge in [0, 0.05) is 6.54 Å². The fourth-order valence-corrected chi connectivity index (χ4v) is 2.33. The topological polar surface area (TPSA) is 150 Å². The van der Waals surface area contributed by atoms with Gasteiger partial charge in [-0.2, -0.15) is 4.31 Å². The third-order valence-corrected chi connectivity index (χ3v) is 4.05. The van der Waals surface area contributed by atoms with E-state index in [4.69, 9.17) is 17.2 Å². The van der Waals surface area contributed by atoms with Gasteiger partial charge in [0.2, 0.25) is 21.8 Å². The van der Waals surface area contributed by atoms with Crippen molar-refractivity contribution in [3.8, 4) is 0 Å². The average Bonchev–Trinajstić information content (AvgIpc) is 2.13. The molecule has 0 saturated carbocycles. The van der Waals surface area contributed by atoms with Crippen LogP contribution in [-0.2, 0) is 19.6 Å². The summed E-state index contributed by atoms with van der Waals surface area (Å²) < 4.78 is 24.2. The number of sulfonamides is 1. The summed E-state index contributed by atoms with van der Waals surface area (Å²) in [7, 11) is -3.83. The molecule has 94 valence electrons. The molecule has 9 heteroatoms. The van der Waals surface area contributed by atoms with Gasteiger partial charge in [-0.15, -0.1) is 0 Å². The van der Waals surface area contributed by atoms with Crippen molar-refractivity contribution < 1.29 is 18.0 Å². The third-order valence-electron chi connectivity index (χ3n) is 1.86.